The molecule has 0 radical (unpaired) electrons. The first-order valence-electron chi connectivity index (χ1n) is 8.86. The molecule has 1 aliphatic heterocycles. The van der Waals surface area contributed by atoms with Crippen LogP contribution in [0.15, 0.2) is 21.3 Å². The highest BCUT2D eigenvalue weighted by Gasteiger charge is 2.34. The van der Waals surface area contributed by atoms with Crippen LogP contribution in [0.2, 0.25) is 0 Å². The quantitative estimate of drug-likeness (QED) is 0.791. The molecule has 0 spiro atoms. The number of phenolic OH excluding ortho intramolecular Hbond substituents is 2. The monoisotopic (exact) mass is 345 g/mol. The van der Waals surface area contributed by atoms with Gasteiger partial charge in [0.1, 0.15) is 28.3 Å². The van der Waals surface area contributed by atoms with E-state index < -0.39 is 6.10 Å². The number of hydrogen-bond acceptors (Lipinski definition) is 6. The Kier molecular flexibility index (Phi) is 3.87. The van der Waals surface area contributed by atoms with E-state index in [-0.39, 0.29) is 33.8 Å². The Bertz CT molecular complexity index is 870. The van der Waals surface area contributed by atoms with Crippen molar-refractivity contribution in [3.05, 3.63) is 28.1 Å². The van der Waals surface area contributed by atoms with Crippen LogP contribution in [0.1, 0.15) is 31.4 Å². The summed E-state index contributed by atoms with van der Waals surface area (Å²) in [6.07, 6.45) is 3.94. The summed E-state index contributed by atoms with van der Waals surface area (Å²) in [7, 11) is 0. The zero-order chi connectivity index (χ0) is 17.7. The summed E-state index contributed by atoms with van der Waals surface area (Å²) in [5, 5.41) is 31.0. The minimum absolute atomic E-state index is 0.0630. The molecule has 1 aromatic carbocycles. The van der Waals surface area contributed by atoms with E-state index in [1.807, 2.05) is 4.90 Å². The molecule has 25 heavy (non-hydrogen) atoms. The van der Waals surface area contributed by atoms with Gasteiger partial charge in [0, 0.05) is 25.2 Å². The zero-order valence-electron chi connectivity index (χ0n) is 14.2. The molecule has 1 aliphatic carbocycles. The van der Waals surface area contributed by atoms with Crippen molar-refractivity contribution in [1.29, 1.82) is 0 Å². The maximum absolute atomic E-state index is 12.2. The van der Waals surface area contributed by atoms with Gasteiger partial charge in [-0.15, -0.1) is 0 Å². The molecule has 2 atom stereocenters. The van der Waals surface area contributed by atoms with Crippen LogP contribution >= 0.6 is 0 Å². The van der Waals surface area contributed by atoms with E-state index in [0.717, 1.165) is 18.8 Å². The predicted molar refractivity (Wildman–Crippen MR) is 94.2 cm³/mol. The Morgan fingerprint density at radius 3 is 2.64 bits per heavy atom. The number of aliphatic hydroxyl groups is 1. The summed E-state index contributed by atoms with van der Waals surface area (Å²) < 4.78 is 5.68. The van der Waals surface area contributed by atoms with Gasteiger partial charge in [-0.25, -0.2) is 0 Å². The van der Waals surface area contributed by atoms with E-state index >= 15 is 0 Å². The number of anilines is 1. The zero-order valence-corrected chi connectivity index (χ0v) is 14.2. The van der Waals surface area contributed by atoms with Crippen molar-refractivity contribution in [2.45, 2.75) is 38.7 Å². The number of aryl methyl sites for hydroxylation is 1. The third-order valence-electron chi connectivity index (χ3n) is 5.43. The summed E-state index contributed by atoms with van der Waals surface area (Å²) in [5.74, 6) is 1.01. The fourth-order valence-corrected chi connectivity index (χ4v) is 3.95. The van der Waals surface area contributed by atoms with Gasteiger partial charge >= 0.3 is 0 Å². The molecule has 6 nitrogen and oxygen atoms in total. The van der Waals surface area contributed by atoms with Crippen LogP contribution < -0.4 is 10.3 Å². The fourth-order valence-electron chi connectivity index (χ4n) is 3.95. The third-order valence-corrected chi connectivity index (χ3v) is 5.43. The molecule has 0 bridgehead atoms. The largest absolute Gasteiger partial charge is 0.507 e. The van der Waals surface area contributed by atoms with E-state index in [4.69, 9.17) is 4.42 Å². The molecule has 0 unspecified atom stereocenters. The standard InChI is InChI=1S/C19H23NO5/c1-10-6-13(21)17-14(22)8-15(23)18(19(17)25-10)20-5-4-12(16(24)9-20)7-11-2-3-11/h6,8,11-12,16,22-24H,2-5,7,9H2,1H3/t12-,16-/m0/s1. The molecular formula is C19H23NO5. The first-order chi connectivity index (χ1) is 11.9. The topological polar surface area (TPSA) is 94.1 Å². The minimum Gasteiger partial charge on any atom is -0.507 e. The van der Waals surface area contributed by atoms with Gasteiger partial charge in [0.2, 0.25) is 0 Å². The normalized spacial score (nSPS) is 24.0. The highest BCUT2D eigenvalue weighted by molar-refractivity contribution is 5.96. The molecule has 134 valence electrons. The van der Waals surface area contributed by atoms with Gasteiger partial charge in [0.25, 0.3) is 0 Å². The number of aliphatic hydroxyl groups excluding tert-OH is 1. The number of phenols is 2. The Morgan fingerprint density at radius 2 is 1.96 bits per heavy atom. The van der Waals surface area contributed by atoms with Crippen LogP contribution in [0.3, 0.4) is 0 Å². The SMILES string of the molecule is Cc1cc(=O)c2c(O)cc(O)c(N3CC[C@@H](CC4CC4)[C@@H](O)C3)c2o1. The molecule has 1 saturated carbocycles. The predicted octanol–water partition coefficient (Wildman–Crippen LogP) is 2.50. The lowest BCUT2D eigenvalue weighted by Gasteiger charge is -2.37. The Balaban J connectivity index is 1.72. The van der Waals surface area contributed by atoms with Gasteiger partial charge in [0.05, 0.1) is 6.10 Å². The van der Waals surface area contributed by atoms with Crippen molar-refractivity contribution in [2.24, 2.45) is 11.8 Å². The summed E-state index contributed by atoms with van der Waals surface area (Å²) in [6, 6.07) is 2.49. The molecule has 2 fully saturated rings. The lowest BCUT2D eigenvalue weighted by Crippen LogP contribution is -2.44. The van der Waals surface area contributed by atoms with Crippen molar-refractivity contribution in [1.82, 2.24) is 0 Å². The van der Waals surface area contributed by atoms with Gasteiger partial charge < -0.3 is 24.6 Å². The summed E-state index contributed by atoms with van der Waals surface area (Å²) in [6.45, 7) is 2.70. The van der Waals surface area contributed by atoms with Crippen LogP contribution in [0, 0.1) is 18.8 Å². The summed E-state index contributed by atoms with van der Waals surface area (Å²) in [4.78, 5) is 14.1. The van der Waals surface area contributed by atoms with Crippen LogP contribution in [0.5, 0.6) is 11.5 Å². The second kappa shape index (κ2) is 5.95. The first kappa shape index (κ1) is 16.3. The van der Waals surface area contributed by atoms with E-state index in [0.29, 0.717) is 24.5 Å². The number of β-amino-alcohol motifs (C(OH)–C–C–N with tert-alkyl or cyclic N) is 1. The average Bonchev–Trinajstić information content (AvgIpc) is 3.32. The Labute approximate surface area is 145 Å². The van der Waals surface area contributed by atoms with Gasteiger partial charge in [-0.05, 0) is 31.6 Å². The number of fused-ring (bicyclic) bond motifs is 1. The van der Waals surface area contributed by atoms with Crippen molar-refractivity contribution in [3.63, 3.8) is 0 Å². The molecule has 1 aromatic heterocycles. The summed E-state index contributed by atoms with van der Waals surface area (Å²) in [5.41, 5.74) is 0.203. The molecule has 4 rings (SSSR count). The number of benzene rings is 1. The molecule has 2 aliphatic rings. The van der Waals surface area contributed by atoms with Crippen LogP contribution in [0.25, 0.3) is 11.0 Å². The summed E-state index contributed by atoms with van der Waals surface area (Å²) >= 11 is 0. The maximum Gasteiger partial charge on any atom is 0.196 e. The highest BCUT2D eigenvalue weighted by Crippen LogP contribution is 2.43. The molecule has 6 heteroatoms. The number of piperidine rings is 1. The molecular weight excluding hydrogens is 322 g/mol. The second-order valence-electron chi connectivity index (χ2n) is 7.43. The van der Waals surface area contributed by atoms with Crippen molar-refractivity contribution in [3.8, 4) is 11.5 Å². The highest BCUT2D eigenvalue weighted by atomic mass is 16.3. The maximum atomic E-state index is 12.2. The fraction of sp³-hybridized carbons (Fsp3) is 0.526. The van der Waals surface area contributed by atoms with Crippen molar-refractivity contribution in [2.75, 3.05) is 18.0 Å². The van der Waals surface area contributed by atoms with Crippen LogP contribution in [-0.4, -0.2) is 34.5 Å². The number of rotatable bonds is 3. The molecule has 3 N–H and O–H groups in total. The van der Waals surface area contributed by atoms with Gasteiger partial charge in [-0.1, -0.05) is 12.8 Å². The van der Waals surface area contributed by atoms with Crippen molar-refractivity contribution >= 4 is 16.7 Å². The van der Waals surface area contributed by atoms with Crippen molar-refractivity contribution < 1.29 is 19.7 Å². The van der Waals surface area contributed by atoms with Crippen LogP contribution in [0.4, 0.5) is 5.69 Å². The van der Waals surface area contributed by atoms with Crippen LogP contribution in [-0.2, 0) is 0 Å². The van der Waals surface area contributed by atoms with Gasteiger partial charge in [-0.2, -0.15) is 0 Å². The van der Waals surface area contributed by atoms with Gasteiger partial charge in [-0.3, -0.25) is 4.79 Å². The van der Waals surface area contributed by atoms with E-state index in [1.54, 1.807) is 6.92 Å². The lowest BCUT2D eigenvalue weighted by molar-refractivity contribution is 0.0846. The van der Waals surface area contributed by atoms with E-state index in [9.17, 15) is 20.1 Å². The Hall–Kier alpha value is -2.21. The first-order valence-corrected chi connectivity index (χ1v) is 8.86. The molecule has 2 heterocycles. The van der Waals surface area contributed by atoms with E-state index in [1.165, 1.54) is 25.0 Å². The van der Waals surface area contributed by atoms with E-state index in [2.05, 4.69) is 0 Å². The molecule has 2 aromatic rings. The second-order valence-corrected chi connectivity index (χ2v) is 7.43. The number of hydrogen-bond donors (Lipinski definition) is 3. The average molecular weight is 345 g/mol. The number of aromatic hydroxyl groups is 2. The Morgan fingerprint density at radius 1 is 1.20 bits per heavy atom. The molecule has 0 amide bonds. The lowest BCUT2D eigenvalue weighted by atomic mass is 9.88. The molecule has 1 saturated heterocycles. The third kappa shape index (κ3) is 2.95. The number of nitrogens with zero attached hydrogens (tertiary/aromatic N) is 1. The smallest absolute Gasteiger partial charge is 0.196 e. The minimum atomic E-state index is -0.478. The van der Waals surface area contributed by atoms with Gasteiger partial charge in [0.15, 0.2) is 11.0 Å².